The van der Waals surface area contributed by atoms with E-state index < -0.39 is 0 Å². The fourth-order valence-electron chi connectivity index (χ4n) is 0.933. The molecule has 1 aromatic rings. The molecule has 0 heterocycles. The zero-order valence-electron chi connectivity index (χ0n) is 7.57. The second kappa shape index (κ2) is 5.84. The Morgan fingerprint density at radius 2 is 2.00 bits per heavy atom. The Morgan fingerprint density at radius 3 is 2.62 bits per heavy atom. The van der Waals surface area contributed by atoms with Gasteiger partial charge in [0.2, 0.25) is 0 Å². The molecule has 0 aliphatic rings. The van der Waals surface area contributed by atoms with Gasteiger partial charge < -0.3 is 5.11 Å². The van der Waals surface area contributed by atoms with Crippen LogP contribution in [0.2, 0.25) is 0 Å². The zero-order valence-corrected chi connectivity index (χ0v) is 8.39. The number of aliphatic hydroxyl groups is 1. The monoisotopic (exact) mass is 194 g/mol. The first-order chi connectivity index (χ1) is 6.33. The molecular weight excluding hydrogens is 180 g/mol. The lowest BCUT2D eigenvalue weighted by atomic mass is 10.2. The van der Waals surface area contributed by atoms with Crippen LogP contribution in [-0.4, -0.2) is 17.5 Å². The van der Waals surface area contributed by atoms with Crippen molar-refractivity contribution in [2.24, 2.45) is 0 Å². The number of hydrogen-bond acceptors (Lipinski definition) is 2. The van der Waals surface area contributed by atoms with Crippen LogP contribution in [0.15, 0.2) is 42.5 Å². The van der Waals surface area contributed by atoms with Gasteiger partial charge in [0.25, 0.3) is 0 Å². The van der Waals surface area contributed by atoms with E-state index >= 15 is 0 Å². The summed E-state index contributed by atoms with van der Waals surface area (Å²) < 4.78 is 0. The van der Waals surface area contributed by atoms with E-state index in [0.29, 0.717) is 0 Å². The lowest BCUT2D eigenvalue weighted by Crippen LogP contribution is -1.91. The number of thioether (sulfide) groups is 1. The van der Waals surface area contributed by atoms with Gasteiger partial charge in [-0.15, -0.1) is 0 Å². The predicted octanol–water partition coefficient (Wildman–Crippen LogP) is 2.47. The molecule has 0 aromatic heterocycles. The van der Waals surface area contributed by atoms with Gasteiger partial charge in [-0.05, 0) is 11.1 Å². The summed E-state index contributed by atoms with van der Waals surface area (Å²) in [6.45, 7) is 3.83. The highest BCUT2D eigenvalue weighted by Crippen LogP contribution is 2.13. The zero-order chi connectivity index (χ0) is 9.52. The van der Waals surface area contributed by atoms with Gasteiger partial charge in [-0.25, -0.2) is 0 Å². The van der Waals surface area contributed by atoms with Crippen LogP contribution in [0.3, 0.4) is 0 Å². The van der Waals surface area contributed by atoms with Crippen LogP contribution in [0.4, 0.5) is 0 Å². The molecule has 0 bridgehead atoms. The normalized spacial score (nSPS) is 9.92. The van der Waals surface area contributed by atoms with E-state index in [9.17, 15) is 0 Å². The van der Waals surface area contributed by atoms with Gasteiger partial charge in [0.15, 0.2) is 0 Å². The SMILES string of the molecule is C=C(CO)CSCc1ccccc1. The van der Waals surface area contributed by atoms with Gasteiger partial charge in [-0.1, -0.05) is 36.9 Å². The Bertz CT molecular complexity index is 256. The molecule has 2 heteroatoms. The molecule has 0 unspecified atom stereocenters. The van der Waals surface area contributed by atoms with Crippen molar-refractivity contribution < 1.29 is 5.11 Å². The highest BCUT2D eigenvalue weighted by Gasteiger charge is 1.94. The average molecular weight is 194 g/mol. The predicted molar refractivity (Wildman–Crippen MR) is 58.8 cm³/mol. The number of hydrogen-bond donors (Lipinski definition) is 1. The molecule has 1 nitrogen and oxygen atoms in total. The third kappa shape index (κ3) is 4.15. The minimum Gasteiger partial charge on any atom is -0.392 e. The smallest absolute Gasteiger partial charge is 0.0647 e. The summed E-state index contributed by atoms with van der Waals surface area (Å²) in [6, 6.07) is 10.3. The van der Waals surface area contributed by atoms with Crippen LogP contribution >= 0.6 is 11.8 Å². The van der Waals surface area contributed by atoms with E-state index in [1.165, 1.54) is 5.56 Å². The van der Waals surface area contributed by atoms with Crippen molar-refractivity contribution in [2.75, 3.05) is 12.4 Å². The Labute approximate surface area is 83.5 Å². The maximum Gasteiger partial charge on any atom is 0.0647 e. The van der Waals surface area contributed by atoms with Crippen LogP contribution in [0.25, 0.3) is 0 Å². The van der Waals surface area contributed by atoms with Crippen molar-refractivity contribution in [2.45, 2.75) is 5.75 Å². The van der Waals surface area contributed by atoms with Crippen molar-refractivity contribution in [3.05, 3.63) is 48.0 Å². The van der Waals surface area contributed by atoms with E-state index in [-0.39, 0.29) is 6.61 Å². The van der Waals surface area contributed by atoms with Crippen LogP contribution in [0.5, 0.6) is 0 Å². The first-order valence-corrected chi connectivity index (χ1v) is 5.37. The lowest BCUT2D eigenvalue weighted by Gasteiger charge is -2.02. The largest absolute Gasteiger partial charge is 0.392 e. The molecule has 0 spiro atoms. The lowest BCUT2D eigenvalue weighted by molar-refractivity contribution is 0.332. The summed E-state index contributed by atoms with van der Waals surface area (Å²) in [7, 11) is 0. The van der Waals surface area contributed by atoms with E-state index in [4.69, 9.17) is 5.11 Å². The first kappa shape index (κ1) is 10.4. The second-order valence-electron chi connectivity index (χ2n) is 2.89. The van der Waals surface area contributed by atoms with Crippen LogP contribution in [0, 0.1) is 0 Å². The van der Waals surface area contributed by atoms with E-state index in [0.717, 1.165) is 17.1 Å². The van der Waals surface area contributed by atoms with Crippen molar-refractivity contribution in [1.29, 1.82) is 0 Å². The standard InChI is InChI=1S/C11H14OS/c1-10(7-12)8-13-9-11-5-3-2-4-6-11/h2-6,12H,1,7-9H2. The Balaban J connectivity index is 2.24. The molecular formula is C11H14OS. The molecule has 70 valence electrons. The molecule has 0 atom stereocenters. The molecule has 0 fully saturated rings. The minimum atomic E-state index is 0.0990. The van der Waals surface area contributed by atoms with Gasteiger partial charge in [0.1, 0.15) is 0 Å². The minimum absolute atomic E-state index is 0.0990. The van der Waals surface area contributed by atoms with Crippen molar-refractivity contribution in [3.63, 3.8) is 0 Å². The Kier molecular flexibility index (Phi) is 4.65. The third-order valence-corrected chi connectivity index (χ3v) is 2.79. The molecule has 0 radical (unpaired) electrons. The fraction of sp³-hybridized carbons (Fsp3) is 0.273. The average Bonchev–Trinajstić information content (AvgIpc) is 2.19. The molecule has 1 N–H and O–H groups in total. The summed E-state index contributed by atoms with van der Waals surface area (Å²) in [4.78, 5) is 0. The molecule has 1 aromatic carbocycles. The van der Waals surface area contributed by atoms with Crippen LogP contribution in [0.1, 0.15) is 5.56 Å². The van der Waals surface area contributed by atoms with Crippen LogP contribution in [-0.2, 0) is 5.75 Å². The number of benzene rings is 1. The van der Waals surface area contributed by atoms with Gasteiger partial charge in [0.05, 0.1) is 6.61 Å². The van der Waals surface area contributed by atoms with Gasteiger partial charge in [-0.2, -0.15) is 11.8 Å². The molecule has 0 aliphatic carbocycles. The van der Waals surface area contributed by atoms with E-state index in [1.807, 2.05) is 18.2 Å². The Morgan fingerprint density at radius 1 is 1.31 bits per heavy atom. The molecule has 0 amide bonds. The topological polar surface area (TPSA) is 20.2 Å². The first-order valence-electron chi connectivity index (χ1n) is 4.22. The summed E-state index contributed by atoms with van der Waals surface area (Å²) in [6.07, 6.45) is 0. The summed E-state index contributed by atoms with van der Waals surface area (Å²) in [5.41, 5.74) is 2.21. The van der Waals surface area contributed by atoms with Crippen molar-refractivity contribution >= 4 is 11.8 Å². The molecule has 1 rings (SSSR count). The second-order valence-corrected chi connectivity index (χ2v) is 3.87. The number of aliphatic hydroxyl groups excluding tert-OH is 1. The summed E-state index contributed by atoms with van der Waals surface area (Å²) in [5.74, 6) is 1.82. The summed E-state index contributed by atoms with van der Waals surface area (Å²) in [5, 5.41) is 8.72. The van der Waals surface area contributed by atoms with E-state index in [1.54, 1.807) is 11.8 Å². The Hall–Kier alpha value is -0.730. The highest BCUT2D eigenvalue weighted by molar-refractivity contribution is 7.98. The molecule has 0 saturated heterocycles. The third-order valence-electron chi connectivity index (χ3n) is 1.64. The highest BCUT2D eigenvalue weighted by atomic mass is 32.2. The quantitative estimate of drug-likeness (QED) is 0.727. The maximum atomic E-state index is 8.72. The number of rotatable bonds is 5. The van der Waals surface area contributed by atoms with Crippen molar-refractivity contribution in [3.8, 4) is 0 Å². The fourth-order valence-corrected chi connectivity index (χ4v) is 1.84. The maximum absolute atomic E-state index is 8.72. The van der Waals surface area contributed by atoms with Crippen LogP contribution < -0.4 is 0 Å². The van der Waals surface area contributed by atoms with E-state index in [2.05, 4.69) is 18.7 Å². The van der Waals surface area contributed by atoms with Gasteiger partial charge in [0, 0.05) is 11.5 Å². The van der Waals surface area contributed by atoms with Gasteiger partial charge >= 0.3 is 0 Å². The molecule has 0 saturated carbocycles. The molecule has 0 aliphatic heterocycles. The van der Waals surface area contributed by atoms with Gasteiger partial charge in [-0.3, -0.25) is 0 Å². The molecule has 13 heavy (non-hydrogen) atoms. The van der Waals surface area contributed by atoms with Crippen molar-refractivity contribution in [1.82, 2.24) is 0 Å². The summed E-state index contributed by atoms with van der Waals surface area (Å²) >= 11 is 1.78.